The molecular weight excluding hydrogens is 344 g/mol. The minimum absolute atomic E-state index is 0.0209. The number of nitrogens with one attached hydrogen (secondary N) is 1. The van der Waals surface area contributed by atoms with Crippen LogP contribution in [-0.4, -0.2) is 28.7 Å². The number of Topliss-reactive ketones (excluding diaryl/α,β-unsaturated/α-hetero) is 1. The molecule has 4 atom stereocenters. The number of fused-ring (bicyclic) bond motifs is 2. The first kappa shape index (κ1) is 17.9. The molecule has 2 saturated carbocycles. The van der Waals surface area contributed by atoms with Gasteiger partial charge in [-0.1, -0.05) is 18.0 Å². The highest BCUT2D eigenvalue weighted by Crippen LogP contribution is 2.40. The zero-order valence-corrected chi connectivity index (χ0v) is 14.8. The van der Waals surface area contributed by atoms with Crippen molar-refractivity contribution in [3.8, 4) is 0 Å². The number of ether oxygens (including phenoxy) is 1. The van der Waals surface area contributed by atoms with Crippen LogP contribution in [0.5, 0.6) is 0 Å². The molecule has 0 aliphatic heterocycles. The third-order valence-electron chi connectivity index (χ3n) is 5.02. The smallest absolute Gasteiger partial charge is 0.309 e. The molecule has 0 aromatic carbocycles. The van der Waals surface area contributed by atoms with Crippen molar-refractivity contribution in [2.45, 2.75) is 45.1 Å². The van der Waals surface area contributed by atoms with Crippen LogP contribution in [-0.2, 0) is 19.1 Å². The summed E-state index contributed by atoms with van der Waals surface area (Å²) in [6, 6.07) is 3.18. The SMILES string of the molecule is C[C@H](OC(=O)C1C[C@H]2CCC[C@@H](C1)C2=O)C(=O)Nc1ccc(Cl)cn1. The Bertz CT molecular complexity index is 660. The Morgan fingerprint density at radius 1 is 1.28 bits per heavy atom. The molecule has 7 heteroatoms. The van der Waals surface area contributed by atoms with Gasteiger partial charge in [-0.05, 0) is 44.7 Å². The van der Waals surface area contributed by atoms with Crippen molar-refractivity contribution in [1.82, 2.24) is 4.98 Å². The number of rotatable bonds is 4. The number of pyridine rings is 1. The highest BCUT2D eigenvalue weighted by atomic mass is 35.5. The van der Waals surface area contributed by atoms with Gasteiger partial charge in [0.1, 0.15) is 11.6 Å². The number of hydrogen-bond acceptors (Lipinski definition) is 5. The van der Waals surface area contributed by atoms with Crippen LogP contribution in [0.4, 0.5) is 5.82 Å². The van der Waals surface area contributed by atoms with Gasteiger partial charge in [0, 0.05) is 18.0 Å². The van der Waals surface area contributed by atoms with Crippen molar-refractivity contribution in [2.24, 2.45) is 17.8 Å². The normalized spacial score (nSPS) is 26.6. The van der Waals surface area contributed by atoms with Crippen LogP contribution in [0.15, 0.2) is 18.3 Å². The summed E-state index contributed by atoms with van der Waals surface area (Å²) in [6.45, 7) is 1.53. The number of carbonyl (C=O) groups excluding carboxylic acids is 3. The Kier molecular flexibility index (Phi) is 5.37. The van der Waals surface area contributed by atoms with Gasteiger partial charge in [0.2, 0.25) is 0 Å². The molecule has 0 spiro atoms. The third-order valence-corrected chi connectivity index (χ3v) is 5.25. The van der Waals surface area contributed by atoms with E-state index in [1.54, 1.807) is 12.1 Å². The van der Waals surface area contributed by atoms with Crippen LogP contribution < -0.4 is 5.32 Å². The molecule has 6 nitrogen and oxygen atoms in total. The molecule has 2 bridgehead atoms. The fourth-order valence-corrected chi connectivity index (χ4v) is 3.79. The molecule has 1 amide bonds. The summed E-state index contributed by atoms with van der Waals surface area (Å²) in [5, 5.41) is 3.05. The minimum atomic E-state index is -0.928. The van der Waals surface area contributed by atoms with Crippen molar-refractivity contribution in [2.75, 3.05) is 5.32 Å². The topological polar surface area (TPSA) is 85.4 Å². The van der Waals surface area contributed by atoms with Gasteiger partial charge in [0.05, 0.1) is 10.9 Å². The Morgan fingerprint density at radius 2 is 1.96 bits per heavy atom. The number of anilines is 1. The van der Waals surface area contributed by atoms with Crippen molar-refractivity contribution < 1.29 is 19.1 Å². The molecule has 134 valence electrons. The maximum Gasteiger partial charge on any atom is 0.309 e. The Labute approximate surface area is 151 Å². The zero-order valence-electron chi connectivity index (χ0n) is 14.0. The molecule has 1 aromatic heterocycles. The lowest BCUT2D eigenvalue weighted by atomic mass is 9.67. The Morgan fingerprint density at radius 3 is 2.56 bits per heavy atom. The van der Waals surface area contributed by atoms with Gasteiger partial charge in [-0.15, -0.1) is 0 Å². The number of halogens is 1. The lowest BCUT2D eigenvalue weighted by Crippen LogP contribution is -2.41. The summed E-state index contributed by atoms with van der Waals surface area (Å²) in [6.07, 6.45) is 4.35. The molecule has 2 fully saturated rings. The summed E-state index contributed by atoms with van der Waals surface area (Å²) in [5.74, 6) is -0.534. The van der Waals surface area contributed by atoms with Crippen molar-refractivity contribution in [3.63, 3.8) is 0 Å². The van der Waals surface area contributed by atoms with Gasteiger partial charge in [-0.3, -0.25) is 14.4 Å². The predicted molar refractivity (Wildman–Crippen MR) is 92.0 cm³/mol. The van der Waals surface area contributed by atoms with E-state index in [1.807, 2.05) is 0 Å². The molecular formula is C18H21ClN2O4. The van der Waals surface area contributed by atoms with Crippen molar-refractivity contribution in [1.29, 1.82) is 0 Å². The first-order valence-electron chi connectivity index (χ1n) is 8.60. The number of hydrogen-bond donors (Lipinski definition) is 1. The van der Waals surface area contributed by atoms with E-state index in [4.69, 9.17) is 16.3 Å². The summed E-state index contributed by atoms with van der Waals surface area (Å²) < 4.78 is 5.33. The molecule has 3 rings (SSSR count). The number of aromatic nitrogens is 1. The van der Waals surface area contributed by atoms with Gasteiger partial charge in [0.25, 0.3) is 5.91 Å². The van der Waals surface area contributed by atoms with Crippen molar-refractivity contribution >= 4 is 35.1 Å². The lowest BCUT2D eigenvalue weighted by molar-refractivity contribution is -0.161. The second kappa shape index (κ2) is 7.52. The Hall–Kier alpha value is -1.95. The predicted octanol–water partition coefficient (Wildman–Crippen LogP) is 3.00. The van der Waals surface area contributed by atoms with Gasteiger partial charge in [-0.25, -0.2) is 4.98 Å². The molecule has 2 aliphatic rings. The van der Waals surface area contributed by atoms with Gasteiger partial charge in [0.15, 0.2) is 6.10 Å². The van der Waals surface area contributed by atoms with Crippen molar-refractivity contribution in [3.05, 3.63) is 23.4 Å². The maximum absolute atomic E-state index is 12.4. The largest absolute Gasteiger partial charge is 0.452 e. The third kappa shape index (κ3) is 4.18. The van der Waals surface area contributed by atoms with E-state index in [0.29, 0.717) is 29.5 Å². The number of nitrogens with zero attached hydrogens (tertiary/aromatic N) is 1. The number of carbonyl (C=O) groups is 3. The second-order valence-electron chi connectivity index (χ2n) is 6.83. The van der Waals surface area contributed by atoms with Crippen LogP contribution in [0.25, 0.3) is 0 Å². The van der Waals surface area contributed by atoms with E-state index >= 15 is 0 Å². The fourth-order valence-electron chi connectivity index (χ4n) is 3.67. The highest BCUT2D eigenvalue weighted by Gasteiger charge is 2.42. The van der Waals surface area contributed by atoms with E-state index in [9.17, 15) is 14.4 Å². The van der Waals surface area contributed by atoms with Crippen LogP contribution in [0.2, 0.25) is 5.02 Å². The average molecular weight is 365 g/mol. The number of ketones is 1. The molecule has 0 radical (unpaired) electrons. The van der Waals surface area contributed by atoms with Gasteiger partial charge in [-0.2, -0.15) is 0 Å². The maximum atomic E-state index is 12.4. The number of amides is 1. The van der Waals surface area contributed by atoms with E-state index in [2.05, 4.69) is 10.3 Å². The van der Waals surface area contributed by atoms with Crippen LogP contribution in [0, 0.1) is 17.8 Å². The first-order chi connectivity index (χ1) is 11.9. The monoisotopic (exact) mass is 364 g/mol. The van der Waals surface area contributed by atoms with E-state index in [1.165, 1.54) is 13.1 Å². The lowest BCUT2D eigenvalue weighted by Gasteiger charge is -2.36. The second-order valence-corrected chi connectivity index (χ2v) is 7.26. The van der Waals surface area contributed by atoms with Gasteiger partial charge < -0.3 is 10.1 Å². The van der Waals surface area contributed by atoms with E-state index in [0.717, 1.165) is 19.3 Å². The molecule has 1 heterocycles. The van der Waals surface area contributed by atoms with Crippen LogP contribution in [0.1, 0.15) is 39.0 Å². The number of esters is 1. The van der Waals surface area contributed by atoms with Crippen LogP contribution >= 0.6 is 11.6 Å². The quantitative estimate of drug-likeness (QED) is 0.830. The minimum Gasteiger partial charge on any atom is -0.452 e. The zero-order chi connectivity index (χ0) is 18.0. The first-order valence-corrected chi connectivity index (χ1v) is 8.98. The summed E-state index contributed by atoms with van der Waals surface area (Å²) >= 11 is 5.75. The molecule has 25 heavy (non-hydrogen) atoms. The standard InChI is InChI=1S/C18H21ClN2O4/c1-10(17(23)21-15-6-5-14(19)9-20-15)25-18(24)13-7-11-3-2-4-12(8-13)16(11)22/h5-6,9-13H,2-4,7-8H2,1H3,(H,20,21,23)/t10-,11-,12+,13?/m0/s1. The molecule has 0 saturated heterocycles. The average Bonchev–Trinajstić information content (AvgIpc) is 2.56. The fraction of sp³-hybridized carbons (Fsp3) is 0.556. The molecule has 1 unspecified atom stereocenters. The van der Waals surface area contributed by atoms with E-state index < -0.39 is 18.0 Å². The van der Waals surface area contributed by atoms with Crippen LogP contribution in [0.3, 0.4) is 0 Å². The molecule has 2 aliphatic carbocycles. The van der Waals surface area contributed by atoms with E-state index in [-0.39, 0.29) is 17.8 Å². The Balaban J connectivity index is 1.54. The molecule has 1 aromatic rings. The summed E-state index contributed by atoms with van der Waals surface area (Å²) in [7, 11) is 0. The summed E-state index contributed by atoms with van der Waals surface area (Å²) in [5.41, 5.74) is 0. The molecule has 1 N–H and O–H groups in total. The highest BCUT2D eigenvalue weighted by molar-refractivity contribution is 6.30. The summed E-state index contributed by atoms with van der Waals surface area (Å²) in [4.78, 5) is 40.6. The van der Waals surface area contributed by atoms with Gasteiger partial charge >= 0.3 is 5.97 Å².